The Labute approximate surface area is 189 Å². The van der Waals surface area contributed by atoms with E-state index in [1.54, 1.807) is 18.2 Å². The van der Waals surface area contributed by atoms with Crippen LogP contribution in [0.4, 0.5) is 5.69 Å². The minimum Gasteiger partial charge on any atom is -0.384 e. The summed E-state index contributed by atoms with van der Waals surface area (Å²) in [6, 6.07) is 3.97. The Hall–Kier alpha value is -3.92. The lowest BCUT2D eigenvalue weighted by molar-refractivity contribution is -0.136. The molecule has 0 aliphatic carbocycles. The van der Waals surface area contributed by atoms with Gasteiger partial charge in [0.15, 0.2) is 0 Å². The molecule has 2 aliphatic heterocycles. The van der Waals surface area contributed by atoms with E-state index in [0.717, 1.165) is 30.6 Å². The van der Waals surface area contributed by atoms with Gasteiger partial charge in [-0.05, 0) is 36.9 Å². The second kappa shape index (κ2) is 11.1. The van der Waals surface area contributed by atoms with Crippen molar-refractivity contribution in [3.05, 3.63) is 39.8 Å². The standard InChI is InChI=1S/C21H25N7O5/c22-27-25-12-17(30)24-11-4-2-1-3-10-23-14-7-5-6-13-18(14)21(33)28(20(13)32)15-8-9-16(29)26-19(15)31/h5-7,15,23H,1-4,8-12H2,(H,24,30)(H,26,29,31). The topological polar surface area (TPSA) is 173 Å². The smallest absolute Gasteiger partial charge is 0.264 e. The quantitative estimate of drug-likeness (QED) is 0.150. The van der Waals surface area contributed by atoms with Crippen molar-refractivity contribution in [3.63, 3.8) is 0 Å². The fourth-order valence-electron chi connectivity index (χ4n) is 3.87. The van der Waals surface area contributed by atoms with Crippen molar-refractivity contribution in [2.24, 2.45) is 5.11 Å². The maximum atomic E-state index is 13.0. The van der Waals surface area contributed by atoms with Crippen molar-refractivity contribution in [2.75, 3.05) is 25.0 Å². The van der Waals surface area contributed by atoms with Gasteiger partial charge in [0.1, 0.15) is 12.6 Å². The Balaban J connectivity index is 1.48. The Morgan fingerprint density at radius 1 is 1.12 bits per heavy atom. The number of anilines is 1. The molecule has 5 amide bonds. The molecule has 1 saturated heterocycles. The van der Waals surface area contributed by atoms with Gasteiger partial charge in [-0.15, -0.1) is 0 Å². The average molecular weight is 455 g/mol. The molecule has 1 unspecified atom stereocenters. The van der Waals surface area contributed by atoms with E-state index in [4.69, 9.17) is 5.53 Å². The van der Waals surface area contributed by atoms with E-state index in [9.17, 15) is 24.0 Å². The second-order valence-electron chi connectivity index (χ2n) is 7.76. The number of nitrogens with one attached hydrogen (secondary N) is 3. The van der Waals surface area contributed by atoms with Gasteiger partial charge in [0, 0.05) is 30.1 Å². The highest BCUT2D eigenvalue weighted by atomic mass is 16.2. The zero-order valence-electron chi connectivity index (χ0n) is 18.0. The molecular weight excluding hydrogens is 430 g/mol. The third kappa shape index (κ3) is 5.66. The maximum absolute atomic E-state index is 13.0. The predicted octanol–water partition coefficient (Wildman–Crippen LogP) is 1.49. The molecule has 3 rings (SSSR count). The minimum absolute atomic E-state index is 0.0758. The first-order valence-electron chi connectivity index (χ1n) is 10.8. The van der Waals surface area contributed by atoms with Crippen LogP contribution in [0.1, 0.15) is 59.2 Å². The maximum Gasteiger partial charge on any atom is 0.264 e. The number of carbonyl (C=O) groups is 5. The van der Waals surface area contributed by atoms with Crippen LogP contribution >= 0.6 is 0 Å². The van der Waals surface area contributed by atoms with E-state index in [0.29, 0.717) is 18.8 Å². The number of rotatable bonds is 11. The summed E-state index contributed by atoms with van der Waals surface area (Å²) in [6.45, 7) is 0.885. The first-order valence-corrected chi connectivity index (χ1v) is 10.8. The van der Waals surface area contributed by atoms with E-state index >= 15 is 0 Å². The molecule has 174 valence electrons. The zero-order chi connectivity index (χ0) is 23.8. The SMILES string of the molecule is [N-]=[N+]=NCC(=O)NCCCCCCNc1cccc2c1C(=O)N(C1CCC(=O)NC1=O)C2=O. The Morgan fingerprint density at radius 3 is 2.61 bits per heavy atom. The van der Waals surface area contributed by atoms with Gasteiger partial charge in [0.05, 0.1) is 11.1 Å². The van der Waals surface area contributed by atoms with Crippen LogP contribution < -0.4 is 16.0 Å². The molecule has 0 radical (unpaired) electrons. The Bertz CT molecular complexity index is 1020. The van der Waals surface area contributed by atoms with Crippen LogP contribution in [0.3, 0.4) is 0 Å². The summed E-state index contributed by atoms with van der Waals surface area (Å²) >= 11 is 0. The number of azide groups is 1. The molecule has 3 N–H and O–H groups in total. The van der Waals surface area contributed by atoms with Crippen molar-refractivity contribution in [3.8, 4) is 0 Å². The van der Waals surface area contributed by atoms with E-state index in [-0.39, 0.29) is 36.4 Å². The van der Waals surface area contributed by atoms with Crippen LogP contribution in [-0.4, -0.2) is 60.1 Å². The Kier molecular flexibility index (Phi) is 7.98. The molecule has 1 fully saturated rings. The van der Waals surface area contributed by atoms with Gasteiger partial charge in [-0.2, -0.15) is 0 Å². The molecular formula is C21H25N7O5. The summed E-state index contributed by atoms with van der Waals surface area (Å²) in [6.07, 6.45) is 3.57. The summed E-state index contributed by atoms with van der Waals surface area (Å²) in [5, 5.41) is 11.2. The normalized spacial score (nSPS) is 17.3. The van der Waals surface area contributed by atoms with Gasteiger partial charge < -0.3 is 10.6 Å². The lowest BCUT2D eigenvalue weighted by Gasteiger charge is -2.27. The number of nitrogens with zero attached hydrogens (tertiary/aromatic N) is 4. The number of imide groups is 2. The van der Waals surface area contributed by atoms with Gasteiger partial charge in [0.2, 0.25) is 17.7 Å². The van der Waals surface area contributed by atoms with Crippen LogP contribution in [-0.2, 0) is 14.4 Å². The number of amides is 5. The van der Waals surface area contributed by atoms with Crippen LogP contribution in [0.5, 0.6) is 0 Å². The number of unbranched alkanes of at least 4 members (excludes halogenated alkanes) is 3. The first-order chi connectivity index (χ1) is 15.9. The van der Waals surface area contributed by atoms with E-state index in [2.05, 4.69) is 26.0 Å². The highest BCUT2D eigenvalue weighted by Crippen LogP contribution is 2.32. The van der Waals surface area contributed by atoms with Crippen molar-refractivity contribution < 1.29 is 24.0 Å². The van der Waals surface area contributed by atoms with Gasteiger partial charge in [-0.3, -0.25) is 34.2 Å². The minimum atomic E-state index is -0.991. The van der Waals surface area contributed by atoms with Crippen molar-refractivity contribution in [1.29, 1.82) is 0 Å². The molecule has 1 atom stereocenters. The fraction of sp³-hybridized carbons (Fsp3) is 0.476. The van der Waals surface area contributed by atoms with Crippen LogP contribution in [0.25, 0.3) is 10.4 Å². The number of hydrogen-bond donors (Lipinski definition) is 3. The highest BCUT2D eigenvalue weighted by molar-refractivity contribution is 6.25. The lowest BCUT2D eigenvalue weighted by atomic mass is 10.0. The molecule has 2 heterocycles. The number of piperidine rings is 1. The van der Waals surface area contributed by atoms with E-state index < -0.39 is 29.7 Å². The van der Waals surface area contributed by atoms with Gasteiger partial charge in [-0.25, -0.2) is 0 Å². The third-order valence-corrected chi connectivity index (χ3v) is 5.49. The van der Waals surface area contributed by atoms with Gasteiger partial charge >= 0.3 is 0 Å². The molecule has 33 heavy (non-hydrogen) atoms. The number of carbonyl (C=O) groups excluding carboxylic acids is 5. The molecule has 12 heteroatoms. The second-order valence-corrected chi connectivity index (χ2v) is 7.76. The summed E-state index contributed by atoms with van der Waals surface area (Å²) in [5.74, 6) is -2.42. The molecule has 1 aromatic rings. The molecule has 0 saturated carbocycles. The summed E-state index contributed by atoms with van der Waals surface area (Å²) < 4.78 is 0. The molecule has 1 aromatic carbocycles. The predicted molar refractivity (Wildman–Crippen MR) is 117 cm³/mol. The molecule has 2 aliphatic rings. The van der Waals surface area contributed by atoms with Gasteiger partial charge in [0.25, 0.3) is 11.8 Å². The highest BCUT2D eigenvalue weighted by Gasteiger charge is 2.45. The van der Waals surface area contributed by atoms with E-state index in [1.807, 2.05) is 0 Å². The summed E-state index contributed by atoms with van der Waals surface area (Å²) in [5.41, 5.74) is 9.19. The third-order valence-electron chi connectivity index (χ3n) is 5.49. The molecule has 0 bridgehead atoms. The largest absolute Gasteiger partial charge is 0.384 e. The van der Waals surface area contributed by atoms with Crippen molar-refractivity contribution in [1.82, 2.24) is 15.5 Å². The zero-order valence-corrected chi connectivity index (χ0v) is 18.0. The average Bonchev–Trinajstić information content (AvgIpc) is 3.05. The molecule has 0 spiro atoms. The summed E-state index contributed by atoms with van der Waals surface area (Å²) in [7, 11) is 0. The number of fused-ring (bicyclic) bond motifs is 1. The number of benzene rings is 1. The van der Waals surface area contributed by atoms with Crippen molar-refractivity contribution in [2.45, 2.75) is 44.6 Å². The monoisotopic (exact) mass is 455 g/mol. The summed E-state index contributed by atoms with van der Waals surface area (Å²) in [4.78, 5) is 64.2. The van der Waals surface area contributed by atoms with Gasteiger partial charge in [-0.1, -0.05) is 24.0 Å². The van der Waals surface area contributed by atoms with Crippen molar-refractivity contribution >= 4 is 35.2 Å². The number of hydrogen-bond acceptors (Lipinski definition) is 7. The van der Waals surface area contributed by atoms with Crippen LogP contribution in [0.2, 0.25) is 0 Å². The van der Waals surface area contributed by atoms with E-state index in [1.165, 1.54) is 0 Å². The van der Waals surface area contributed by atoms with Crippen LogP contribution in [0.15, 0.2) is 23.3 Å². The van der Waals surface area contributed by atoms with Crippen LogP contribution in [0, 0.1) is 0 Å². The first kappa shape index (κ1) is 23.7. The molecule has 12 nitrogen and oxygen atoms in total. The molecule has 0 aromatic heterocycles. The lowest BCUT2D eigenvalue weighted by Crippen LogP contribution is -2.54. The fourth-order valence-corrected chi connectivity index (χ4v) is 3.87. The Morgan fingerprint density at radius 2 is 1.88 bits per heavy atom.